The van der Waals surface area contributed by atoms with E-state index in [4.69, 9.17) is 9.15 Å². The van der Waals surface area contributed by atoms with Crippen molar-refractivity contribution in [3.05, 3.63) is 41.1 Å². The van der Waals surface area contributed by atoms with Crippen molar-refractivity contribution in [1.29, 1.82) is 0 Å². The molecule has 0 aliphatic rings. The van der Waals surface area contributed by atoms with E-state index in [0.29, 0.717) is 42.9 Å². The summed E-state index contributed by atoms with van der Waals surface area (Å²) in [4.78, 5) is 8.76. The van der Waals surface area contributed by atoms with Crippen LogP contribution in [0.25, 0.3) is 0 Å². The fourth-order valence-electron chi connectivity index (χ4n) is 2.46. The Morgan fingerprint density at radius 2 is 2.03 bits per heavy atom. The van der Waals surface area contributed by atoms with Crippen LogP contribution in [0.15, 0.2) is 27.6 Å². The Kier molecular flexibility index (Phi) is 8.69. The quantitative estimate of drug-likeness (QED) is 0.456. The molecule has 1 aromatic heterocycles. The number of oxazole rings is 1. The summed E-state index contributed by atoms with van der Waals surface area (Å²) < 4.78 is 41.3. The van der Waals surface area contributed by atoms with Crippen LogP contribution in [0.3, 0.4) is 0 Å². The van der Waals surface area contributed by atoms with E-state index in [1.54, 1.807) is 12.1 Å². The number of alkyl halides is 2. The molecule has 9 heteroatoms. The lowest BCUT2D eigenvalue weighted by Crippen LogP contribution is -2.36. The minimum Gasteiger partial charge on any atom is -0.493 e. The molecule has 0 radical (unpaired) electrons. The zero-order chi connectivity index (χ0) is 21.2. The van der Waals surface area contributed by atoms with E-state index >= 15 is 0 Å². The molecule has 160 valence electrons. The van der Waals surface area contributed by atoms with Crippen molar-refractivity contribution in [3.8, 4) is 11.5 Å². The number of benzene rings is 1. The summed E-state index contributed by atoms with van der Waals surface area (Å²) in [5, 5.41) is 6.22. The molecule has 0 aliphatic heterocycles. The normalized spacial score (nSPS) is 11.6. The predicted octanol–water partition coefficient (Wildman–Crippen LogP) is 3.94. The first-order valence-electron chi connectivity index (χ1n) is 9.58. The Morgan fingerprint density at radius 3 is 2.66 bits per heavy atom. The molecule has 0 aliphatic carbocycles. The Balaban J connectivity index is 2.11. The van der Waals surface area contributed by atoms with Gasteiger partial charge in [-0.25, -0.2) is 9.98 Å². The summed E-state index contributed by atoms with van der Waals surface area (Å²) in [7, 11) is 0. The van der Waals surface area contributed by atoms with Gasteiger partial charge in [-0.3, -0.25) is 0 Å². The van der Waals surface area contributed by atoms with Gasteiger partial charge >= 0.3 is 6.61 Å². The molecule has 1 aromatic carbocycles. The van der Waals surface area contributed by atoms with Gasteiger partial charge in [0, 0.05) is 18.2 Å². The number of rotatable bonds is 10. The molecule has 2 N–H and O–H groups in total. The van der Waals surface area contributed by atoms with E-state index in [-0.39, 0.29) is 12.3 Å². The molecular formula is C20H28F2N4O3. The smallest absolute Gasteiger partial charge is 0.387 e. The average Bonchev–Trinajstić information content (AvgIpc) is 3.00. The molecule has 0 saturated carbocycles. The van der Waals surface area contributed by atoms with E-state index in [1.165, 1.54) is 6.07 Å². The number of aromatic nitrogens is 1. The van der Waals surface area contributed by atoms with Crippen molar-refractivity contribution in [2.24, 2.45) is 4.99 Å². The maximum Gasteiger partial charge on any atom is 0.387 e. The monoisotopic (exact) mass is 410 g/mol. The number of nitrogens with one attached hydrogen (secondary N) is 2. The molecule has 0 atom stereocenters. The number of hydrogen-bond donors (Lipinski definition) is 2. The fourth-order valence-corrected chi connectivity index (χ4v) is 2.46. The Labute approximate surface area is 169 Å². The number of aryl methyl sites for hydroxylation is 2. The van der Waals surface area contributed by atoms with Crippen molar-refractivity contribution in [1.82, 2.24) is 15.6 Å². The molecule has 2 rings (SSSR count). The molecule has 2 aromatic rings. The molecule has 7 nitrogen and oxygen atoms in total. The van der Waals surface area contributed by atoms with E-state index in [1.807, 2.05) is 27.7 Å². The van der Waals surface area contributed by atoms with Crippen molar-refractivity contribution >= 4 is 5.96 Å². The first-order valence-corrected chi connectivity index (χ1v) is 9.58. The summed E-state index contributed by atoms with van der Waals surface area (Å²) in [5.41, 5.74) is 1.36. The van der Waals surface area contributed by atoms with Crippen LogP contribution in [0.1, 0.15) is 43.2 Å². The van der Waals surface area contributed by atoms with Crippen LogP contribution in [-0.2, 0) is 13.1 Å². The number of aliphatic imine (C=N–C) groups is 1. The zero-order valence-electron chi connectivity index (χ0n) is 17.2. The van der Waals surface area contributed by atoms with Gasteiger partial charge in [0.1, 0.15) is 17.3 Å². The third-order valence-corrected chi connectivity index (χ3v) is 3.96. The third-order valence-electron chi connectivity index (χ3n) is 3.96. The Bertz CT molecular complexity index is 790. The third kappa shape index (κ3) is 7.24. The van der Waals surface area contributed by atoms with Gasteiger partial charge in [-0.2, -0.15) is 8.78 Å². The van der Waals surface area contributed by atoms with Crippen LogP contribution < -0.4 is 20.1 Å². The van der Waals surface area contributed by atoms with Gasteiger partial charge in [0.05, 0.1) is 25.4 Å². The zero-order valence-corrected chi connectivity index (χ0v) is 17.2. The highest BCUT2D eigenvalue weighted by Gasteiger charge is 2.12. The van der Waals surface area contributed by atoms with Gasteiger partial charge < -0.3 is 24.5 Å². The first-order chi connectivity index (χ1) is 13.9. The van der Waals surface area contributed by atoms with Gasteiger partial charge in [0.2, 0.25) is 5.89 Å². The minimum absolute atomic E-state index is 0.0483. The minimum atomic E-state index is -2.93. The molecule has 0 bridgehead atoms. The fraction of sp³-hybridized carbons (Fsp3) is 0.500. The first kappa shape index (κ1) is 22.4. The highest BCUT2D eigenvalue weighted by molar-refractivity contribution is 5.79. The maximum absolute atomic E-state index is 12.8. The van der Waals surface area contributed by atoms with Crippen LogP contribution in [0.5, 0.6) is 11.5 Å². The number of ether oxygens (including phenoxy) is 2. The van der Waals surface area contributed by atoms with Crippen LogP contribution in [0.2, 0.25) is 0 Å². The van der Waals surface area contributed by atoms with Crippen molar-refractivity contribution in [2.45, 2.75) is 53.8 Å². The molecular weight excluding hydrogens is 382 g/mol. The molecule has 0 spiro atoms. The second-order valence-corrected chi connectivity index (χ2v) is 6.29. The summed E-state index contributed by atoms with van der Waals surface area (Å²) in [6.07, 6.45) is 0.818. The lowest BCUT2D eigenvalue weighted by atomic mass is 10.2. The summed E-state index contributed by atoms with van der Waals surface area (Å²) in [6, 6.07) is 4.86. The van der Waals surface area contributed by atoms with Crippen molar-refractivity contribution in [2.75, 3.05) is 13.2 Å². The van der Waals surface area contributed by atoms with Gasteiger partial charge in [0.25, 0.3) is 0 Å². The predicted molar refractivity (Wildman–Crippen MR) is 106 cm³/mol. The number of halogens is 2. The second-order valence-electron chi connectivity index (χ2n) is 6.29. The van der Waals surface area contributed by atoms with Crippen LogP contribution >= 0.6 is 0 Å². The van der Waals surface area contributed by atoms with Crippen LogP contribution in [0, 0.1) is 13.8 Å². The van der Waals surface area contributed by atoms with E-state index in [9.17, 15) is 8.78 Å². The largest absolute Gasteiger partial charge is 0.493 e. The standard InChI is InChI=1S/C20H28F2N4O3/c1-5-9-27-16-8-7-15(17(10-16)29-19(21)22)11-24-20(23-6-2)25-12-18-26-13(3)14(4)28-18/h7-8,10,19H,5-6,9,11-12H2,1-4H3,(H2,23,24,25). The summed E-state index contributed by atoms with van der Waals surface area (Å²) in [6.45, 7) is 6.34. The lowest BCUT2D eigenvalue weighted by Gasteiger charge is -2.13. The number of hydrogen-bond acceptors (Lipinski definition) is 5. The summed E-state index contributed by atoms with van der Waals surface area (Å²) >= 11 is 0. The van der Waals surface area contributed by atoms with E-state index in [2.05, 4.69) is 25.3 Å². The number of nitrogens with zero attached hydrogens (tertiary/aromatic N) is 2. The van der Waals surface area contributed by atoms with E-state index in [0.717, 1.165) is 17.9 Å². The molecule has 0 fully saturated rings. The molecule has 1 heterocycles. The van der Waals surface area contributed by atoms with Crippen LogP contribution in [0.4, 0.5) is 8.78 Å². The molecule has 0 amide bonds. The lowest BCUT2D eigenvalue weighted by molar-refractivity contribution is -0.0505. The van der Waals surface area contributed by atoms with Gasteiger partial charge in [-0.15, -0.1) is 0 Å². The molecule has 0 saturated heterocycles. The Morgan fingerprint density at radius 1 is 1.24 bits per heavy atom. The van der Waals surface area contributed by atoms with E-state index < -0.39 is 6.61 Å². The molecule has 0 unspecified atom stereocenters. The van der Waals surface area contributed by atoms with Crippen molar-refractivity contribution < 1.29 is 22.7 Å². The average molecular weight is 410 g/mol. The van der Waals surface area contributed by atoms with Crippen LogP contribution in [-0.4, -0.2) is 30.7 Å². The van der Waals surface area contributed by atoms with Gasteiger partial charge in [-0.1, -0.05) is 6.92 Å². The number of guanidine groups is 1. The highest BCUT2D eigenvalue weighted by Crippen LogP contribution is 2.27. The maximum atomic E-state index is 12.8. The Hall–Kier alpha value is -2.84. The summed E-state index contributed by atoms with van der Waals surface area (Å²) in [5.74, 6) is 2.35. The van der Waals surface area contributed by atoms with Gasteiger partial charge in [-0.05, 0) is 39.3 Å². The molecule has 29 heavy (non-hydrogen) atoms. The second kappa shape index (κ2) is 11.2. The highest BCUT2D eigenvalue weighted by atomic mass is 19.3. The van der Waals surface area contributed by atoms with Crippen molar-refractivity contribution in [3.63, 3.8) is 0 Å². The van der Waals surface area contributed by atoms with Gasteiger partial charge in [0.15, 0.2) is 5.96 Å². The topological polar surface area (TPSA) is 80.9 Å². The SMILES string of the molecule is CCCOc1ccc(CN=C(NCC)NCc2nc(C)c(C)o2)c(OC(F)F)c1.